The minimum Gasteiger partial charge on any atom is -0.493 e. The predicted molar refractivity (Wildman–Crippen MR) is 85.4 cm³/mol. The van der Waals surface area contributed by atoms with E-state index >= 15 is 0 Å². The number of benzene rings is 2. The van der Waals surface area contributed by atoms with Crippen LogP contribution in [0.25, 0.3) is 0 Å². The van der Waals surface area contributed by atoms with Crippen molar-refractivity contribution in [2.45, 2.75) is 25.9 Å². The number of fused-ring (bicyclic) bond motifs is 1. The number of hydrogen-bond donors (Lipinski definition) is 1. The van der Waals surface area contributed by atoms with E-state index in [0.717, 1.165) is 12.2 Å². The number of ether oxygens (including phenoxy) is 2. The zero-order valence-corrected chi connectivity index (χ0v) is 12.5. The molecule has 1 N–H and O–H groups in total. The second-order valence-electron chi connectivity index (χ2n) is 5.42. The third kappa shape index (κ3) is 3.58. The van der Waals surface area contributed by atoms with Crippen LogP contribution in [0.15, 0.2) is 48.5 Å². The van der Waals surface area contributed by atoms with Gasteiger partial charge in [-0.3, -0.25) is 4.79 Å². The van der Waals surface area contributed by atoms with E-state index in [1.54, 1.807) is 0 Å². The first-order valence-electron chi connectivity index (χ1n) is 7.48. The van der Waals surface area contributed by atoms with E-state index in [9.17, 15) is 4.79 Å². The Morgan fingerprint density at radius 3 is 2.86 bits per heavy atom. The van der Waals surface area contributed by atoms with Crippen LogP contribution in [0, 0.1) is 0 Å². The van der Waals surface area contributed by atoms with Crippen LogP contribution in [0.3, 0.4) is 0 Å². The fourth-order valence-corrected chi connectivity index (χ4v) is 2.45. The summed E-state index contributed by atoms with van der Waals surface area (Å²) in [4.78, 5) is 11.6. The minimum atomic E-state index is -0.138. The van der Waals surface area contributed by atoms with Crippen LogP contribution in [0.5, 0.6) is 11.5 Å². The molecule has 0 saturated heterocycles. The lowest BCUT2D eigenvalue weighted by Gasteiger charge is -2.13. The van der Waals surface area contributed by atoms with Crippen LogP contribution in [-0.4, -0.2) is 18.6 Å². The van der Waals surface area contributed by atoms with Gasteiger partial charge in [0.05, 0.1) is 18.7 Å². The van der Waals surface area contributed by atoms with Gasteiger partial charge in [0.25, 0.3) is 0 Å². The van der Waals surface area contributed by atoms with Gasteiger partial charge in [0.2, 0.25) is 5.91 Å². The first kappa shape index (κ1) is 14.4. The van der Waals surface area contributed by atoms with Crippen molar-refractivity contribution in [3.8, 4) is 11.5 Å². The van der Waals surface area contributed by atoms with Crippen molar-refractivity contribution in [3.63, 3.8) is 0 Å². The van der Waals surface area contributed by atoms with Crippen molar-refractivity contribution in [2.75, 3.05) is 11.9 Å². The molecular formula is C18H19NO3. The number of rotatable bonds is 4. The van der Waals surface area contributed by atoms with Crippen LogP contribution >= 0.6 is 0 Å². The number of hydrogen-bond acceptors (Lipinski definition) is 3. The smallest absolute Gasteiger partial charge is 0.228 e. The molecule has 1 amide bonds. The highest BCUT2D eigenvalue weighted by molar-refractivity contribution is 5.93. The van der Waals surface area contributed by atoms with E-state index < -0.39 is 0 Å². The first-order chi connectivity index (χ1) is 10.7. The standard InChI is InChI=1S/C18H19NO3/c1-13-11-18(20)19-16-8-7-15(12-17(16)22-13)21-10-9-14-5-3-2-4-6-14/h2-8,12-13H,9-11H2,1H3,(H,19,20)/t13-/m1/s1. The Balaban J connectivity index is 1.64. The summed E-state index contributed by atoms with van der Waals surface area (Å²) in [6.07, 6.45) is 1.07. The molecule has 1 aliphatic rings. The highest BCUT2D eigenvalue weighted by atomic mass is 16.5. The maximum atomic E-state index is 11.6. The molecule has 4 nitrogen and oxygen atoms in total. The number of nitrogens with one attached hydrogen (secondary N) is 1. The molecule has 1 heterocycles. The van der Waals surface area contributed by atoms with Crippen molar-refractivity contribution in [1.82, 2.24) is 0 Å². The summed E-state index contributed by atoms with van der Waals surface area (Å²) in [5.74, 6) is 1.39. The van der Waals surface area contributed by atoms with Gasteiger partial charge in [-0.05, 0) is 24.6 Å². The Morgan fingerprint density at radius 2 is 2.05 bits per heavy atom. The molecule has 2 aromatic rings. The van der Waals surface area contributed by atoms with Crippen molar-refractivity contribution in [1.29, 1.82) is 0 Å². The van der Waals surface area contributed by atoms with Crippen molar-refractivity contribution < 1.29 is 14.3 Å². The highest BCUT2D eigenvalue weighted by Gasteiger charge is 2.19. The van der Waals surface area contributed by atoms with Crippen LogP contribution in [0.2, 0.25) is 0 Å². The van der Waals surface area contributed by atoms with Gasteiger partial charge in [0, 0.05) is 12.5 Å². The fraction of sp³-hybridized carbons (Fsp3) is 0.278. The van der Waals surface area contributed by atoms with Gasteiger partial charge in [0.15, 0.2) is 0 Å². The number of amides is 1. The maximum absolute atomic E-state index is 11.6. The predicted octanol–water partition coefficient (Wildman–Crippen LogP) is 3.42. The number of carbonyl (C=O) groups is 1. The topological polar surface area (TPSA) is 47.6 Å². The Hall–Kier alpha value is -2.49. The lowest BCUT2D eigenvalue weighted by molar-refractivity contribution is -0.117. The number of anilines is 1. The zero-order valence-electron chi connectivity index (χ0n) is 12.5. The Labute approximate surface area is 130 Å². The summed E-state index contributed by atoms with van der Waals surface area (Å²) < 4.78 is 11.6. The third-order valence-corrected chi connectivity index (χ3v) is 3.53. The molecule has 0 saturated carbocycles. The van der Waals surface area contributed by atoms with Crippen molar-refractivity contribution in [2.24, 2.45) is 0 Å². The van der Waals surface area contributed by atoms with E-state index in [0.29, 0.717) is 24.5 Å². The molecule has 1 aliphatic heterocycles. The summed E-state index contributed by atoms with van der Waals surface area (Å²) in [7, 11) is 0. The average molecular weight is 297 g/mol. The summed E-state index contributed by atoms with van der Waals surface area (Å²) in [5, 5.41) is 2.84. The normalized spacial score (nSPS) is 17.0. The molecule has 2 aromatic carbocycles. The van der Waals surface area contributed by atoms with E-state index in [4.69, 9.17) is 9.47 Å². The lowest BCUT2D eigenvalue weighted by atomic mass is 10.2. The Kier molecular flexibility index (Phi) is 4.28. The molecule has 22 heavy (non-hydrogen) atoms. The van der Waals surface area contributed by atoms with Crippen LogP contribution < -0.4 is 14.8 Å². The molecule has 0 aromatic heterocycles. The minimum absolute atomic E-state index is 0.0241. The van der Waals surface area contributed by atoms with Gasteiger partial charge >= 0.3 is 0 Å². The quantitative estimate of drug-likeness (QED) is 0.940. The molecule has 0 aliphatic carbocycles. The highest BCUT2D eigenvalue weighted by Crippen LogP contribution is 2.32. The average Bonchev–Trinajstić information content (AvgIpc) is 2.64. The summed E-state index contributed by atoms with van der Waals surface area (Å²) in [5.41, 5.74) is 1.94. The summed E-state index contributed by atoms with van der Waals surface area (Å²) in [6, 6.07) is 15.7. The molecule has 1 atom stereocenters. The molecule has 0 bridgehead atoms. The van der Waals surface area contributed by atoms with Crippen molar-refractivity contribution in [3.05, 3.63) is 54.1 Å². The van der Waals surface area contributed by atoms with Crippen molar-refractivity contribution >= 4 is 11.6 Å². The SMILES string of the molecule is C[C@@H]1CC(=O)Nc2ccc(OCCc3ccccc3)cc2O1. The van der Waals surface area contributed by atoms with Gasteiger partial charge in [-0.2, -0.15) is 0 Å². The maximum Gasteiger partial charge on any atom is 0.228 e. The van der Waals surface area contributed by atoms with E-state index in [1.165, 1.54) is 5.56 Å². The van der Waals surface area contributed by atoms with E-state index in [-0.39, 0.29) is 12.0 Å². The lowest BCUT2D eigenvalue weighted by Crippen LogP contribution is -2.17. The monoisotopic (exact) mass is 297 g/mol. The molecule has 0 spiro atoms. The second-order valence-corrected chi connectivity index (χ2v) is 5.42. The van der Waals surface area contributed by atoms with Gasteiger partial charge in [-0.1, -0.05) is 30.3 Å². The van der Waals surface area contributed by atoms with Crippen LogP contribution in [0.1, 0.15) is 18.9 Å². The molecular weight excluding hydrogens is 278 g/mol. The van der Waals surface area contributed by atoms with Gasteiger partial charge < -0.3 is 14.8 Å². The Morgan fingerprint density at radius 1 is 1.23 bits per heavy atom. The molecule has 0 unspecified atom stereocenters. The van der Waals surface area contributed by atoms with Crippen LogP contribution in [-0.2, 0) is 11.2 Å². The van der Waals surface area contributed by atoms with Gasteiger partial charge in [-0.25, -0.2) is 0 Å². The molecule has 3 rings (SSSR count). The zero-order chi connectivity index (χ0) is 15.4. The molecule has 0 fully saturated rings. The van der Waals surface area contributed by atoms with Crippen LogP contribution in [0.4, 0.5) is 5.69 Å². The molecule has 114 valence electrons. The largest absolute Gasteiger partial charge is 0.493 e. The Bertz CT molecular complexity index is 655. The molecule has 4 heteroatoms. The fourth-order valence-electron chi connectivity index (χ4n) is 2.45. The summed E-state index contributed by atoms with van der Waals surface area (Å²) >= 11 is 0. The second kappa shape index (κ2) is 6.52. The molecule has 0 radical (unpaired) electrons. The first-order valence-corrected chi connectivity index (χ1v) is 7.48. The number of carbonyl (C=O) groups excluding carboxylic acids is 1. The van der Waals surface area contributed by atoms with Gasteiger partial charge in [-0.15, -0.1) is 0 Å². The van der Waals surface area contributed by atoms with E-state index in [1.807, 2.05) is 43.3 Å². The van der Waals surface area contributed by atoms with Gasteiger partial charge in [0.1, 0.15) is 17.6 Å². The third-order valence-electron chi connectivity index (χ3n) is 3.53. The summed E-state index contributed by atoms with van der Waals surface area (Å²) in [6.45, 7) is 2.49. The van der Waals surface area contributed by atoms with E-state index in [2.05, 4.69) is 17.4 Å².